The monoisotopic (exact) mass is 264 g/mol. The van der Waals surface area contributed by atoms with Crippen LogP contribution < -0.4 is 5.32 Å². The molecule has 0 unspecified atom stereocenters. The predicted octanol–water partition coefficient (Wildman–Crippen LogP) is 2.97. The summed E-state index contributed by atoms with van der Waals surface area (Å²) >= 11 is 0. The van der Waals surface area contributed by atoms with E-state index in [1.54, 1.807) is 6.07 Å². The summed E-state index contributed by atoms with van der Waals surface area (Å²) in [6.07, 6.45) is 2.20. The quantitative estimate of drug-likeness (QED) is 0.796. The van der Waals surface area contributed by atoms with E-state index in [1.165, 1.54) is 6.92 Å². The molecule has 0 spiro atoms. The Kier molecular flexibility index (Phi) is 6.36. The maximum absolute atomic E-state index is 11.0. The summed E-state index contributed by atoms with van der Waals surface area (Å²) < 4.78 is 0. The van der Waals surface area contributed by atoms with E-state index in [9.17, 15) is 9.90 Å². The molecule has 0 aliphatic rings. The lowest BCUT2D eigenvalue weighted by Gasteiger charge is -2.21. The lowest BCUT2D eigenvalue weighted by Crippen LogP contribution is -2.24. The zero-order valence-electron chi connectivity index (χ0n) is 12.1. The minimum Gasteiger partial charge on any atom is -0.508 e. The minimum absolute atomic E-state index is 0.134. The summed E-state index contributed by atoms with van der Waals surface area (Å²) in [5.41, 5.74) is 1.53. The molecule has 106 valence electrons. The lowest BCUT2D eigenvalue weighted by atomic mass is 10.1. The van der Waals surface area contributed by atoms with Crippen LogP contribution in [0.2, 0.25) is 0 Å². The van der Waals surface area contributed by atoms with Crippen molar-refractivity contribution in [2.24, 2.45) is 0 Å². The summed E-state index contributed by atoms with van der Waals surface area (Å²) in [6, 6.07) is 5.30. The average molecular weight is 264 g/mol. The normalized spacial score (nSPS) is 10.7. The number of hydrogen-bond donors (Lipinski definition) is 2. The van der Waals surface area contributed by atoms with E-state index in [1.807, 2.05) is 12.1 Å². The first kappa shape index (κ1) is 15.5. The molecule has 0 atom stereocenters. The van der Waals surface area contributed by atoms with Crippen LogP contribution in [0, 0.1) is 0 Å². The highest BCUT2D eigenvalue weighted by molar-refractivity contribution is 5.88. The third kappa shape index (κ3) is 5.30. The van der Waals surface area contributed by atoms with Gasteiger partial charge in [-0.15, -0.1) is 0 Å². The van der Waals surface area contributed by atoms with Gasteiger partial charge in [-0.05, 0) is 32.0 Å². The maximum atomic E-state index is 11.0. The summed E-state index contributed by atoms with van der Waals surface area (Å²) in [7, 11) is 0. The standard InChI is InChI=1S/C15H24N2O2/c1-4-8-17(9-5-2)11-13-6-7-14(10-15(13)19)16-12(3)18/h6-7,10,19H,4-5,8-9,11H2,1-3H3,(H,16,18). The Bertz CT molecular complexity index is 413. The van der Waals surface area contributed by atoms with Gasteiger partial charge >= 0.3 is 0 Å². The van der Waals surface area contributed by atoms with Crippen molar-refractivity contribution in [3.05, 3.63) is 23.8 Å². The molecule has 1 aromatic rings. The Morgan fingerprint density at radius 2 is 1.89 bits per heavy atom. The Balaban J connectivity index is 2.74. The van der Waals surface area contributed by atoms with Crippen LogP contribution >= 0.6 is 0 Å². The van der Waals surface area contributed by atoms with E-state index in [2.05, 4.69) is 24.1 Å². The number of phenolic OH excluding ortho intramolecular Hbond substituents is 1. The van der Waals surface area contributed by atoms with Gasteiger partial charge in [-0.2, -0.15) is 0 Å². The molecule has 2 N–H and O–H groups in total. The largest absolute Gasteiger partial charge is 0.508 e. The van der Waals surface area contributed by atoms with Crippen LogP contribution in [0.15, 0.2) is 18.2 Å². The number of phenols is 1. The molecule has 1 aromatic carbocycles. The maximum Gasteiger partial charge on any atom is 0.221 e. The summed E-state index contributed by atoms with van der Waals surface area (Å²) in [5.74, 6) is 0.106. The van der Waals surface area contributed by atoms with Gasteiger partial charge in [-0.25, -0.2) is 0 Å². The van der Waals surface area contributed by atoms with Crippen LogP contribution in [0.5, 0.6) is 5.75 Å². The molecule has 0 heterocycles. The van der Waals surface area contributed by atoms with E-state index in [4.69, 9.17) is 0 Å². The first-order valence-electron chi connectivity index (χ1n) is 6.88. The molecule has 1 rings (SSSR count). The van der Waals surface area contributed by atoms with Gasteiger partial charge in [0.2, 0.25) is 5.91 Å². The van der Waals surface area contributed by atoms with Crippen LogP contribution in [0.3, 0.4) is 0 Å². The molecule has 19 heavy (non-hydrogen) atoms. The van der Waals surface area contributed by atoms with Crippen LogP contribution in [-0.2, 0) is 11.3 Å². The third-order valence-electron chi connectivity index (χ3n) is 2.88. The van der Waals surface area contributed by atoms with E-state index in [-0.39, 0.29) is 11.7 Å². The van der Waals surface area contributed by atoms with Crippen molar-refractivity contribution in [2.75, 3.05) is 18.4 Å². The number of aromatic hydroxyl groups is 1. The highest BCUT2D eigenvalue weighted by Gasteiger charge is 2.08. The summed E-state index contributed by atoms with van der Waals surface area (Å²) in [4.78, 5) is 13.3. The zero-order valence-corrected chi connectivity index (χ0v) is 12.1. The minimum atomic E-state index is -0.134. The zero-order chi connectivity index (χ0) is 14.3. The molecule has 0 fully saturated rings. The van der Waals surface area contributed by atoms with Crippen molar-refractivity contribution < 1.29 is 9.90 Å². The van der Waals surface area contributed by atoms with Crippen molar-refractivity contribution in [2.45, 2.75) is 40.2 Å². The molecule has 0 saturated heterocycles. The van der Waals surface area contributed by atoms with Crippen molar-refractivity contribution in [3.8, 4) is 5.75 Å². The number of amides is 1. The van der Waals surface area contributed by atoms with Gasteiger partial charge in [0.15, 0.2) is 0 Å². The molecular weight excluding hydrogens is 240 g/mol. The SMILES string of the molecule is CCCN(CCC)Cc1ccc(NC(C)=O)cc1O. The number of benzene rings is 1. The summed E-state index contributed by atoms with van der Waals surface area (Å²) in [6.45, 7) is 8.56. The molecule has 0 aliphatic heterocycles. The highest BCUT2D eigenvalue weighted by atomic mass is 16.3. The second-order valence-corrected chi connectivity index (χ2v) is 4.80. The molecule has 0 aliphatic carbocycles. The highest BCUT2D eigenvalue weighted by Crippen LogP contribution is 2.23. The van der Waals surface area contributed by atoms with Gasteiger partial charge < -0.3 is 10.4 Å². The molecule has 0 saturated carbocycles. The van der Waals surface area contributed by atoms with E-state index < -0.39 is 0 Å². The molecule has 0 radical (unpaired) electrons. The van der Waals surface area contributed by atoms with Crippen molar-refractivity contribution in [1.82, 2.24) is 4.90 Å². The lowest BCUT2D eigenvalue weighted by molar-refractivity contribution is -0.114. The van der Waals surface area contributed by atoms with Crippen LogP contribution in [0.25, 0.3) is 0 Å². The van der Waals surface area contributed by atoms with Gasteiger partial charge in [0.25, 0.3) is 0 Å². The number of nitrogens with one attached hydrogen (secondary N) is 1. The van der Waals surface area contributed by atoms with Crippen molar-refractivity contribution in [3.63, 3.8) is 0 Å². The molecule has 4 nitrogen and oxygen atoms in total. The fraction of sp³-hybridized carbons (Fsp3) is 0.533. The predicted molar refractivity (Wildman–Crippen MR) is 78.3 cm³/mol. The molecule has 1 amide bonds. The number of hydrogen-bond acceptors (Lipinski definition) is 3. The third-order valence-corrected chi connectivity index (χ3v) is 2.88. The van der Waals surface area contributed by atoms with Gasteiger partial charge in [0, 0.05) is 30.8 Å². The number of nitrogens with zero attached hydrogens (tertiary/aromatic N) is 1. The summed E-state index contributed by atoms with van der Waals surface area (Å²) in [5, 5.41) is 12.7. The number of anilines is 1. The Hall–Kier alpha value is -1.55. The Morgan fingerprint density at radius 1 is 1.26 bits per heavy atom. The smallest absolute Gasteiger partial charge is 0.221 e. The number of carbonyl (C=O) groups is 1. The Morgan fingerprint density at radius 3 is 2.37 bits per heavy atom. The van der Waals surface area contributed by atoms with E-state index >= 15 is 0 Å². The number of carbonyl (C=O) groups excluding carboxylic acids is 1. The second kappa shape index (κ2) is 7.79. The van der Waals surface area contributed by atoms with Crippen LogP contribution in [0.4, 0.5) is 5.69 Å². The first-order valence-corrected chi connectivity index (χ1v) is 6.88. The molecule has 0 bridgehead atoms. The molecule has 0 aromatic heterocycles. The van der Waals surface area contributed by atoms with Crippen molar-refractivity contribution >= 4 is 11.6 Å². The fourth-order valence-corrected chi connectivity index (χ4v) is 2.12. The molecule has 4 heteroatoms. The van der Waals surface area contributed by atoms with Crippen molar-refractivity contribution in [1.29, 1.82) is 0 Å². The topological polar surface area (TPSA) is 52.6 Å². The Labute approximate surface area is 115 Å². The van der Waals surface area contributed by atoms with E-state index in [0.717, 1.165) is 38.0 Å². The van der Waals surface area contributed by atoms with Gasteiger partial charge in [-0.3, -0.25) is 9.69 Å². The van der Waals surface area contributed by atoms with Crippen LogP contribution in [-0.4, -0.2) is 29.0 Å². The van der Waals surface area contributed by atoms with Gasteiger partial charge in [0.05, 0.1) is 0 Å². The fourth-order valence-electron chi connectivity index (χ4n) is 2.12. The number of rotatable bonds is 7. The average Bonchev–Trinajstić information content (AvgIpc) is 2.32. The van der Waals surface area contributed by atoms with Gasteiger partial charge in [0.1, 0.15) is 5.75 Å². The van der Waals surface area contributed by atoms with Gasteiger partial charge in [-0.1, -0.05) is 19.9 Å². The second-order valence-electron chi connectivity index (χ2n) is 4.80. The van der Waals surface area contributed by atoms with E-state index in [0.29, 0.717) is 5.69 Å². The molecular formula is C15H24N2O2. The first-order chi connectivity index (χ1) is 9.06. The van der Waals surface area contributed by atoms with Crippen LogP contribution in [0.1, 0.15) is 39.2 Å².